The minimum absolute atomic E-state index is 0.0121. The number of carbonyl (C=O) groups excluding carboxylic acids is 3. The Kier molecular flexibility index (Phi) is 1.74. The number of hydrogen-bond donors (Lipinski definition) is 1. The van der Waals surface area contributed by atoms with E-state index in [0.29, 0.717) is 0 Å². The molecule has 0 fully saturated rings. The van der Waals surface area contributed by atoms with Gasteiger partial charge in [0.2, 0.25) is 0 Å². The Bertz CT molecular complexity index is 512. The summed E-state index contributed by atoms with van der Waals surface area (Å²) in [5, 5.41) is 0.248. The van der Waals surface area contributed by atoms with Crippen LogP contribution < -0.4 is 10.0 Å². The lowest BCUT2D eigenvalue weighted by Gasteiger charge is -2.03. The molecule has 2 amide bonds. The number of amides is 2. The molecule has 0 aliphatic carbocycles. The zero-order chi connectivity index (χ0) is 11.9. The van der Waals surface area contributed by atoms with Crippen molar-refractivity contribution < 1.29 is 20.5 Å². The highest BCUT2D eigenvalue weighted by Crippen LogP contribution is 2.26. The van der Waals surface area contributed by atoms with Crippen LogP contribution in [0.4, 0.5) is 0 Å². The van der Waals surface area contributed by atoms with Gasteiger partial charge in [0.25, 0.3) is 11.8 Å². The van der Waals surface area contributed by atoms with E-state index in [1.54, 1.807) is 0 Å². The molecule has 0 bridgehead atoms. The molecule has 0 aromatic heterocycles. The fourth-order valence-corrected chi connectivity index (χ4v) is 1.38. The number of benzene rings is 1. The van der Waals surface area contributed by atoms with Gasteiger partial charge in [-0.1, -0.05) is 6.07 Å². The van der Waals surface area contributed by atoms with Gasteiger partial charge in [-0.05, 0) is 12.1 Å². The largest absolute Gasteiger partial charge is 0.426 e. The summed E-state index contributed by atoms with van der Waals surface area (Å²) in [5.41, 5.74) is 0.0523. The van der Waals surface area contributed by atoms with Gasteiger partial charge in [0.1, 0.15) is 5.75 Å². The Morgan fingerprint density at radius 2 is 2.13 bits per heavy atom. The predicted molar refractivity (Wildman–Crippen MR) is 49.5 cm³/mol. The maximum atomic E-state index is 11.5. The summed E-state index contributed by atoms with van der Waals surface area (Å²) >= 11 is 0. The minimum Gasteiger partial charge on any atom is -0.426 e. The summed E-state index contributed by atoms with van der Waals surface area (Å²) in [7, 11) is 0. The highest BCUT2D eigenvalue weighted by Gasteiger charge is 2.30. The second kappa shape index (κ2) is 3.20. The molecule has 1 aromatic rings. The highest BCUT2D eigenvalue weighted by molar-refractivity contribution is 6.22. The molecular formula is C10H7NO4. The Balaban J connectivity index is 2.58. The first-order valence-corrected chi connectivity index (χ1v) is 4.21. The van der Waals surface area contributed by atoms with E-state index in [2.05, 4.69) is 0 Å². The van der Waals surface area contributed by atoms with E-state index >= 15 is 0 Å². The molecule has 1 heterocycles. The van der Waals surface area contributed by atoms with Crippen LogP contribution in [-0.4, -0.2) is 17.8 Å². The molecule has 0 saturated heterocycles. The molecule has 0 unspecified atom stereocenters. The molecule has 1 aliphatic heterocycles. The van der Waals surface area contributed by atoms with E-state index in [-0.39, 0.29) is 22.2 Å². The molecule has 2 rings (SSSR count). The maximum Gasteiger partial charge on any atom is 0.308 e. The number of esters is 1. The van der Waals surface area contributed by atoms with Crippen LogP contribution in [0, 0.1) is 0 Å². The number of nitrogens with one attached hydrogen (secondary N) is 1. The molecule has 1 aliphatic rings. The summed E-state index contributed by atoms with van der Waals surface area (Å²) in [4.78, 5) is 33.8. The van der Waals surface area contributed by atoms with Gasteiger partial charge in [-0.25, -0.2) is 0 Å². The number of carbonyl (C=O) groups is 3. The van der Waals surface area contributed by atoms with Gasteiger partial charge < -0.3 is 4.74 Å². The molecule has 5 heteroatoms. The lowest BCUT2D eigenvalue weighted by atomic mass is 10.1. The standard InChI is InChI=1S/C10H7NO4/c1-5(12)15-7-4-2-3-6-8(7)10(14)11-9(6)13/h2-4H,1H3,(H,11,13,14)/i/hD. The first-order valence-electron chi connectivity index (χ1n) is 4.66. The van der Waals surface area contributed by atoms with Gasteiger partial charge in [0.15, 0.2) is 1.41 Å². The van der Waals surface area contributed by atoms with Crippen LogP contribution in [0.2, 0.25) is 1.41 Å². The van der Waals surface area contributed by atoms with E-state index in [9.17, 15) is 14.4 Å². The molecule has 15 heavy (non-hydrogen) atoms. The molecule has 0 radical (unpaired) electrons. The third-order valence-corrected chi connectivity index (χ3v) is 1.93. The maximum absolute atomic E-state index is 11.5. The number of fused-ring (bicyclic) bond motifs is 1. The molecule has 5 nitrogen and oxygen atoms in total. The van der Waals surface area contributed by atoms with Crippen LogP contribution in [0.1, 0.15) is 27.6 Å². The second-order valence-corrected chi connectivity index (χ2v) is 2.99. The number of imide groups is 1. The van der Waals surface area contributed by atoms with Gasteiger partial charge in [-0.15, -0.1) is 0 Å². The molecular weight excluding hydrogens is 198 g/mol. The van der Waals surface area contributed by atoms with Crippen LogP contribution in [0.3, 0.4) is 0 Å². The minimum atomic E-state index is -0.781. The van der Waals surface area contributed by atoms with Gasteiger partial charge in [-0.2, -0.15) is 0 Å². The summed E-state index contributed by atoms with van der Waals surface area (Å²) in [6.07, 6.45) is 0. The topological polar surface area (TPSA) is 72.5 Å². The van der Waals surface area contributed by atoms with E-state index in [4.69, 9.17) is 6.15 Å². The van der Waals surface area contributed by atoms with Crippen LogP contribution >= 0.6 is 0 Å². The Morgan fingerprint density at radius 1 is 1.40 bits per heavy atom. The van der Waals surface area contributed by atoms with E-state index in [1.807, 2.05) is 0 Å². The van der Waals surface area contributed by atoms with Crippen LogP contribution in [0.25, 0.3) is 0 Å². The van der Waals surface area contributed by atoms with Crippen LogP contribution in [-0.2, 0) is 4.79 Å². The first kappa shape index (κ1) is 8.16. The summed E-state index contributed by atoms with van der Waals surface area (Å²) < 4.78 is 12.0. The third kappa shape index (κ3) is 1.48. The van der Waals surface area contributed by atoms with E-state index in [0.717, 1.165) is 0 Å². The summed E-state index contributed by atoms with van der Waals surface area (Å²) in [6.45, 7) is 1.19. The quantitative estimate of drug-likeness (QED) is 0.412. The van der Waals surface area contributed by atoms with Gasteiger partial charge in [0, 0.05) is 6.92 Å². The van der Waals surface area contributed by atoms with Crippen LogP contribution in [0.5, 0.6) is 5.75 Å². The second-order valence-electron chi connectivity index (χ2n) is 2.99. The zero-order valence-electron chi connectivity index (χ0n) is 8.81. The average molecular weight is 206 g/mol. The fourth-order valence-electron chi connectivity index (χ4n) is 1.38. The highest BCUT2D eigenvalue weighted by atomic mass is 16.5. The van der Waals surface area contributed by atoms with Gasteiger partial charge in [0.05, 0.1) is 11.1 Å². The zero-order valence-corrected chi connectivity index (χ0v) is 7.81. The molecule has 1 N–H and O–H groups in total. The average Bonchev–Trinajstić information content (AvgIpc) is 2.44. The van der Waals surface area contributed by atoms with Crippen LogP contribution in [0.15, 0.2) is 18.2 Å². The van der Waals surface area contributed by atoms with Crippen molar-refractivity contribution >= 4 is 17.8 Å². The van der Waals surface area contributed by atoms with Crippen molar-refractivity contribution in [3.63, 3.8) is 0 Å². The predicted octanol–water partition coefficient (Wildman–Crippen LogP) is 0.495. The molecule has 0 atom stereocenters. The smallest absolute Gasteiger partial charge is 0.308 e. The Morgan fingerprint density at radius 3 is 2.80 bits per heavy atom. The lowest BCUT2D eigenvalue weighted by Crippen LogP contribution is -2.20. The van der Waals surface area contributed by atoms with E-state index < -0.39 is 17.8 Å². The number of hydrogen-bond acceptors (Lipinski definition) is 4. The van der Waals surface area contributed by atoms with Crippen molar-refractivity contribution in [2.45, 2.75) is 6.92 Å². The number of rotatable bonds is 1. The van der Waals surface area contributed by atoms with E-state index in [1.165, 1.54) is 25.1 Å². The van der Waals surface area contributed by atoms with Crippen molar-refractivity contribution in [3.8, 4) is 5.75 Å². The van der Waals surface area contributed by atoms with Crippen molar-refractivity contribution in [2.75, 3.05) is 0 Å². The van der Waals surface area contributed by atoms with Crippen molar-refractivity contribution in [2.24, 2.45) is 0 Å². The lowest BCUT2D eigenvalue weighted by molar-refractivity contribution is -0.131. The molecule has 76 valence electrons. The Hall–Kier alpha value is -2.17. The third-order valence-electron chi connectivity index (χ3n) is 1.93. The van der Waals surface area contributed by atoms with Crippen molar-refractivity contribution in [3.05, 3.63) is 29.3 Å². The summed E-state index contributed by atoms with van der Waals surface area (Å²) in [5.74, 6) is -2.07. The van der Waals surface area contributed by atoms with Gasteiger partial charge >= 0.3 is 5.97 Å². The monoisotopic (exact) mass is 206 g/mol. The van der Waals surface area contributed by atoms with Crippen molar-refractivity contribution in [1.82, 2.24) is 5.31 Å². The normalized spacial score (nSPS) is 15.0. The fraction of sp³-hybridized carbons (Fsp3) is 0.100. The van der Waals surface area contributed by atoms with Gasteiger partial charge in [-0.3, -0.25) is 19.7 Å². The summed E-state index contributed by atoms with van der Waals surface area (Å²) in [6, 6.07) is 4.31. The SMILES string of the molecule is [2H]N1C(=O)c2cccc(OC(C)=O)c2C1=O. The first-order chi connectivity index (χ1) is 7.52. The number of ether oxygens (including phenoxy) is 1. The Labute approximate surface area is 86.5 Å². The molecule has 0 saturated carbocycles. The van der Waals surface area contributed by atoms with Crippen molar-refractivity contribution in [1.29, 1.82) is 0 Å². The molecule has 1 aromatic carbocycles. The molecule has 0 spiro atoms.